The van der Waals surface area contributed by atoms with Gasteiger partial charge < -0.3 is 20.1 Å². The first-order chi connectivity index (χ1) is 13.2. The molecule has 0 radical (unpaired) electrons. The van der Waals surface area contributed by atoms with E-state index in [0.29, 0.717) is 17.7 Å². The molecular formula is C21H25N3O3. The summed E-state index contributed by atoms with van der Waals surface area (Å²) in [5.74, 6) is 1.10. The molecule has 0 saturated carbocycles. The van der Waals surface area contributed by atoms with Crippen molar-refractivity contribution in [3.63, 3.8) is 0 Å². The van der Waals surface area contributed by atoms with Gasteiger partial charge in [0.1, 0.15) is 23.4 Å². The first-order valence-corrected chi connectivity index (χ1v) is 9.14. The van der Waals surface area contributed by atoms with E-state index in [9.17, 15) is 4.79 Å². The normalized spacial score (nSPS) is 14.4. The molecule has 142 valence electrons. The highest BCUT2D eigenvalue weighted by atomic mass is 16.5. The Bertz CT molecular complexity index is 801. The second kappa shape index (κ2) is 9.19. The molecule has 1 heterocycles. The van der Waals surface area contributed by atoms with Crippen LogP contribution < -0.4 is 20.1 Å². The number of amides is 1. The molecule has 27 heavy (non-hydrogen) atoms. The zero-order valence-corrected chi connectivity index (χ0v) is 15.5. The van der Waals surface area contributed by atoms with Gasteiger partial charge in [-0.25, -0.2) is 0 Å². The molecule has 1 aliphatic heterocycles. The van der Waals surface area contributed by atoms with E-state index in [-0.39, 0.29) is 17.8 Å². The third-order valence-corrected chi connectivity index (χ3v) is 4.49. The Morgan fingerprint density at radius 2 is 1.96 bits per heavy atom. The van der Waals surface area contributed by atoms with Crippen LogP contribution in [0.15, 0.2) is 48.5 Å². The molecule has 0 atom stereocenters. The molecule has 0 aromatic heterocycles. The molecule has 2 aromatic rings. The van der Waals surface area contributed by atoms with Crippen LogP contribution in [0.1, 0.15) is 28.8 Å². The van der Waals surface area contributed by atoms with E-state index < -0.39 is 0 Å². The molecule has 6 heteroatoms. The molecule has 3 N–H and O–H groups in total. The van der Waals surface area contributed by atoms with Crippen LogP contribution in [0.25, 0.3) is 0 Å². The van der Waals surface area contributed by atoms with E-state index in [0.717, 1.165) is 37.2 Å². The lowest BCUT2D eigenvalue weighted by atomic mass is 10.1. The molecule has 6 nitrogen and oxygen atoms in total. The number of carbonyl (C=O) groups is 1. The smallest absolute Gasteiger partial charge is 0.260 e. The average Bonchev–Trinajstić information content (AvgIpc) is 2.69. The topological polar surface area (TPSA) is 83.4 Å². The van der Waals surface area contributed by atoms with Gasteiger partial charge in [0.05, 0.1) is 12.7 Å². The van der Waals surface area contributed by atoms with E-state index in [1.165, 1.54) is 0 Å². The van der Waals surface area contributed by atoms with Gasteiger partial charge in [0, 0.05) is 6.42 Å². The van der Waals surface area contributed by atoms with Crippen LogP contribution in [-0.2, 0) is 6.42 Å². The average molecular weight is 367 g/mol. The predicted octanol–water partition coefficient (Wildman–Crippen LogP) is 2.78. The lowest BCUT2D eigenvalue weighted by Gasteiger charge is -2.24. The van der Waals surface area contributed by atoms with Gasteiger partial charge in [0.15, 0.2) is 0 Å². The van der Waals surface area contributed by atoms with E-state index in [1.54, 1.807) is 19.2 Å². The van der Waals surface area contributed by atoms with Gasteiger partial charge in [0.2, 0.25) is 0 Å². The summed E-state index contributed by atoms with van der Waals surface area (Å²) in [6.45, 7) is 1.84. The van der Waals surface area contributed by atoms with Crippen molar-refractivity contribution < 1.29 is 14.3 Å². The maximum atomic E-state index is 12.7. The van der Waals surface area contributed by atoms with Crippen LogP contribution in [0, 0.1) is 5.41 Å². The van der Waals surface area contributed by atoms with E-state index in [4.69, 9.17) is 14.9 Å². The van der Waals surface area contributed by atoms with Gasteiger partial charge in [-0.1, -0.05) is 24.3 Å². The summed E-state index contributed by atoms with van der Waals surface area (Å²) < 4.78 is 11.2. The number of rotatable bonds is 6. The quantitative estimate of drug-likeness (QED) is 0.541. The van der Waals surface area contributed by atoms with Crippen molar-refractivity contribution in [1.29, 1.82) is 5.41 Å². The Morgan fingerprint density at radius 1 is 1.19 bits per heavy atom. The van der Waals surface area contributed by atoms with Gasteiger partial charge in [0.25, 0.3) is 5.91 Å². The Morgan fingerprint density at radius 3 is 2.74 bits per heavy atom. The van der Waals surface area contributed by atoms with Crippen molar-refractivity contribution in [3.8, 4) is 11.5 Å². The maximum absolute atomic E-state index is 12.7. The molecule has 2 aromatic carbocycles. The molecule has 0 aliphatic carbocycles. The summed E-state index contributed by atoms with van der Waals surface area (Å²) >= 11 is 0. The van der Waals surface area contributed by atoms with Crippen LogP contribution >= 0.6 is 0 Å². The van der Waals surface area contributed by atoms with Crippen LogP contribution in [0.4, 0.5) is 0 Å². The first kappa shape index (κ1) is 18.9. The minimum atomic E-state index is -0.326. The third kappa shape index (κ3) is 5.31. The molecule has 0 bridgehead atoms. The van der Waals surface area contributed by atoms with Crippen molar-refractivity contribution in [3.05, 3.63) is 59.7 Å². The zero-order chi connectivity index (χ0) is 19.1. The fourth-order valence-corrected chi connectivity index (χ4v) is 3.08. The van der Waals surface area contributed by atoms with Gasteiger partial charge in [-0.3, -0.25) is 10.2 Å². The predicted molar refractivity (Wildman–Crippen MR) is 105 cm³/mol. The van der Waals surface area contributed by atoms with E-state index in [1.807, 2.05) is 36.4 Å². The minimum absolute atomic E-state index is 0.108. The monoisotopic (exact) mass is 367 g/mol. The molecule has 1 aliphatic rings. The Hall–Kier alpha value is -2.86. The summed E-state index contributed by atoms with van der Waals surface area (Å²) in [7, 11) is 1.60. The number of para-hydroxylation sites is 1. The fraction of sp³-hybridized carbons (Fsp3) is 0.333. The number of methoxy groups -OCH3 is 1. The van der Waals surface area contributed by atoms with E-state index in [2.05, 4.69) is 10.6 Å². The summed E-state index contributed by atoms with van der Waals surface area (Å²) in [5.41, 5.74) is 1.35. The number of hydrogen-bond acceptors (Lipinski definition) is 5. The summed E-state index contributed by atoms with van der Waals surface area (Å²) in [6.07, 6.45) is 2.26. The van der Waals surface area contributed by atoms with E-state index >= 15 is 0 Å². The number of nitrogens with one attached hydrogen (secondary N) is 3. The van der Waals surface area contributed by atoms with Crippen molar-refractivity contribution in [2.24, 2.45) is 0 Å². The van der Waals surface area contributed by atoms with Gasteiger partial charge in [-0.05, 0) is 55.8 Å². The number of hydrogen-bond donors (Lipinski definition) is 3. The summed E-state index contributed by atoms with van der Waals surface area (Å²) in [6, 6.07) is 14.7. The van der Waals surface area contributed by atoms with Crippen LogP contribution in [0.3, 0.4) is 0 Å². The second-order valence-corrected chi connectivity index (χ2v) is 6.52. The Balaban J connectivity index is 1.64. The number of benzene rings is 2. The lowest BCUT2D eigenvalue weighted by molar-refractivity contribution is 0.0965. The van der Waals surface area contributed by atoms with Crippen molar-refractivity contribution >= 4 is 11.7 Å². The minimum Gasteiger partial charge on any atom is -0.497 e. The summed E-state index contributed by atoms with van der Waals surface area (Å²) in [5, 5.41) is 14.1. The van der Waals surface area contributed by atoms with Crippen molar-refractivity contribution in [2.75, 3.05) is 20.2 Å². The highest BCUT2D eigenvalue weighted by Crippen LogP contribution is 2.22. The fourth-order valence-electron chi connectivity index (χ4n) is 3.08. The molecule has 1 fully saturated rings. The molecule has 1 saturated heterocycles. The molecule has 3 rings (SSSR count). The standard InChI is InChI=1S/C21H25N3O3/c1-26-17-6-4-5-15(13-17)14-20(22)24-21(25)18-7-2-3-8-19(18)27-16-9-11-23-12-10-16/h2-8,13,16,23H,9-12,14H2,1H3,(H2,22,24,25). The first-order valence-electron chi connectivity index (χ1n) is 9.14. The largest absolute Gasteiger partial charge is 0.497 e. The number of piperidine rings is 1. The number of carbonyl (C=O) groups excluding carboxylic acids is 1. The maximum Gasteiger partial charge on any atom is 0.260 e. The van der Waals surface area contributed by atoms with Crippen molar-refractivity contribution in [2.45, 2.75) is 25.4 Å². The van der Waals surface area contributed by atoms with Crippen LogP contribution in [-0.4, -0.2) is 38.0 Å². The second-order valence-electron chi connectivity index (χ2n) is 6.52. The highest BCUT2D eigenvalue weighted by Gasteiger charge is 2.19. The lowest BCUT2D eigenvalue weighted by Crippen LogP contribution is -2.35. The summed E-state index contributed by atoms with van der Waals surface area (Å²) in [4.78, 5) is 12.7. The Kier molecular flexibility index (Phi) is 6.44. The van der Waals surface area contributed by atoms with Gasteiger partial charge in [-0.15, -0.1) is 0 Å². The van der Waals surface area contributed by atoms with Gasteiger partial charge in [-0.2, -0.15) is 0 Å². The van der Waals surface area contributed by atoms with Crippen LogP contribution in [0.2, 0.25) is 0 Å². The number of ether oxygens (including phenoxy) is 2. The molecule has 0 unspecified atom stereocenters. The highest BCUT2D eigenvalue weighted by molar-refractivity contribution is 6.07. The molecular weight excluding hydrogens is 342 g/mol. The molecule has 1 amide bonds. The third-order valence-electron chi connectivity index (χ3n) is 4.49. The van der Waals surface area contributed by atoms with Crippen LogP contribution in [0.5, 0.6) is 11.5 Å². The zero-order valence-electron chi connectivity index (χ0n) is 15.5. The Labute approximate surface area is 159 Å². The number of amidine groups is 1. The van der Waals surface area contributed by atoms with Gasteiger partial charge >= 0.3 is 0 Å². The molecule has 0 spiro atoms. The SMILES string of the molecule is COc1cccc(CC(=N)NC(=O)c2ccccc2OC2CCNCC2)c1. The van der Waals surface area contributed by atoms with Crippen molar-refractivity contribution in [1.82, 2.24) is 10.6 Å².